The maximum Gasteiger partial charge on any atom is 0.0622 e. The molecule has 0 aliphatic carbocycles. The molecule has 0 unspecified atom stereocenters. The standard InChI is InChI=1S/C8H16O2/c1-6(2)10-7(3)8-4-9-5-8/h6-8H,4-5H2,1-3H3/t7-/m1/s1. The summed E-state index contributed by atoms with van der Waals surface area (Å²) in [4.78, 5) is 0. The van der Waals surface area contributed by atoms with E-state index >= 15 is 0 Å². The van der Waals surface area contributed by atoms with Gasteiger partial charge in [0.25, 0.3) is 0 Å². The minimum Gasteiger partial charge on any atom is -0.380 e. The van der Waals surface area contributed by atoms with Crippen molar-refractivity contribution in [1.82, 2.24) is 0 Å². The van der Waals surface area contributed by atoms with Crippen molar-refractivity contribution < 1.29 is 9.47 Å². The second-order valence-corrected chi connectivity index (χ2v) is 3.19. The Morgan fingerprint density at radius 2 is 1.90 bits per heavy atom. The molecular formula is C8H16O2. The van der Waals surface area contributed by atoms with Crippen LogP contribution in [-0.2, 0) is 9.47 Å². The van der Waals surface area contributed by atoms with Crippen molar-refractivity contribution in [3.8, 4) is 0 Å². The maximum atomic E-state index is 5.57. The Hall–Kier alpha value is -0.0800. The van der Waals surface area contributed by atoms with Crippen LogP contribution in [0.4, 0.5) is 0 Å². The molecule has 60 valence electrons. The summed E-state index contributed by atoms with van der Waals surface area (Å²) in [6.45, 7) is 8.01. The van der Waals surface area contributed by atoms with Gasteiger partial charge in [0, 0.05) is 5.92 Å². The molecule has 10 heavy (non-hydrogen) atoms. The highest BCUT2D eigenvalue weighted by Crippen LogP contribution is 2.17. The smallest absolute Gasteiger partial charge is 0.0622 e. The second kappa shape index (κ2) is 3.35. The summed E-state index contributed by atoms with van der Waals surface area (Å²) in [6.07, 6.45) is 0.712. The van der Waals surface area contributed by atoms with Crippen molar-refractivity contribution in [3.63, 3.8) is 0 Å². The van der Waals surface area contributed by atoms with Gasteiger partial charge in [-0.05, 0) is 20.8 Å². The molecule has 2 heteroatoms. The van der Waals surface area contributed by atoms with Crippen LogP contribution in [0, 0.1) is 5.92 Å². The van der Waals surface area contributed by atoms with E-state index in [0.717, 1.165) is 13.2 Å². The number of hydrogen-bond acceptors (Lipinski definition) is 2. The summed E-state index contributed by atoms with van der Waals surface area (Å²) < 4.78 is 10.6. The van der Waals surface area contributed by atoms with Gasteiger partial charge in [0.2, 0.25) is 0 Å². The first-order valence-electron chi connectivity index (χ1n) is 3.93. The monoisotopic (exact) mass is 144 g/mol. The van der Waals surface area contributed by atoms with Crippen LogP contribution in [0.3, 0.4) is 0 Å². The van der Waals surface area contributed by atoms with Crippen molar-refractivity contribution in [3.05, 3.63) is 0 Å². The van der Waals surface area contributed by atoms with Crippen LogP contribution in [0.1, 0.15) is 20.8 Å². The molecule has 1 heterocycles. The maximum absolute atomic E-state index is 5.57. The van der Waals surface area contributed by atoms with E-state index < -0.39 is 0 Å². The van der Waals surface area contributed by atoms with E-state index in [2.05, 4.69) is 20.8 Å². The van der Waals surface area contributed by atoms with Crippen LogP contribution in [-0.4, -0.2) is 25.4 Å². The molecular weight excluding hydrogens is 128 g/mol. The van der Waals surface area contributed by atoms with Gasteiger partial charge in [0.1, 0.15) is 0 Å². The SMILES string of the molecule is CC(C)O[C@H](C)C1COC1. The zero-order valence-corrected chi connectivity index (χ0v) is 6.96. The van der Waals surface area contributed by atoms with Gasteiger partial charge >= 0.3 is 0 Å². The lowest BCUT2D eigenvalue weighted by Crippen LogP contribution is -2.38. The molecule has 0 aromatic rings. The third-order valence-corrected chi connectivity index (χ3v) is 1.81. The topological polar surface area (TPSA) is 18.5 Å². The lowest BCUT2D eigenvalue weighted by Gasteiger charge is -2.32. The molecule has 0 saturated carbocycles. The summed E-state index contributed by atoms with van der Waals surface area (Å²) >= 11 is 0. The predicted octanol–water partition coefficient (Wildman–Crippen LogP) is 1.45. The van der Waals surface area contributed by atoms with Crippen LogP contribution in [0.5, 0.6) is 0 Å². The number of rotatable bonds is 3. The summed E-state index contributed by atoms with van der Waals surface area (Å²) in [5, 5.41) is 0. The zero-order chi connectivity index (χ0) is 7.56. The van der Waals surface area contributed by atoms with E-state index in [0.29, 0.717) is 18.1 Å². The van der Waals surface area contributed by atoms with Crippen LogP contribution in [0.15, 0.2) is 0 Å². The van der Waals surface area contributed by atoms with E-state index in [1.165, 1.54) is 0 Å². The number of hydrogen-bond donors (Lipinski definition) is 0. The lowest BCUT2D eigenvalue weighted by molar-refractivity contribution is -0.120. The molecule has 1 atom stereocenters. The Kier molecular flexibility index (Phi) is 2.69. The normalized spacial score (nSPS) is 22.8. The van der Waals surface area contributed by atoms with E-state index in [4.69, 9.17) is 9.47 Å². The molecule has 0 aromatic carbocycles. The molecule has 0 bridgehead atoms. The molecule has 0 N–H and O–H groups in total. The third kappa shape index (κ3) is 1.96. The van der Waals surface area contributed by atoms with Crippen LogP contribution >= 0.6 is 0 Å². The first-order valence-corrected chi connectivity index (χ1v) is 3.93. The molecule has 1 aliphatic heterocycles. The van der Waals surface area contributed by atoms with Gasteiger partial charge in [-0.25, -0.2) is 0 Å². The summed E-state index contributed by atoms with van der Waals surface area (Å²) in [6, 6.07) is 0. The Bertz CT molecular complexity index is 97.4. The minimum atomic E-state index is 0.343. The van der Waals surface area contributed by atoms with Crippen LogP contribution in [0.2, 0.25) is 0 Å². The quantitative estimate of drug-likeness (QED) is 0.596. The summed E-state index contributed by atoms with van der Waals surface area (Å²) in [7, 11) is 0. The first-order chi connectivity index (χ1) is 4.70. The van der Waals surface area contributed by atoms with E-state index in [1.54, 1.807) is 0 Å². The van der Waals surface area contributed by atoms with Crippen molar-refractivity contribution in [1.29, 1.82) is 0 Å². The molecule has 0 aromatic heterocycles. The van der Waals surface area contributed by atoms with Gasteiger partial charge in [0.05, 0.1) is 25.4 Å². The highest BCUT2D eigenvalue weighted by atomic mass is 16.5. The molecule has 1 fully saturated rings. The molecule has 2 nitrogen and oxygen atoms in total. The predicted molar refractivity (Wildman–Crippen MR) is 40.0 cm³/mol. The van der Waals surface area contributed by atoms with Gasteiger partial charge in [-0.1, -0.05) is 0 Å². The van der Waals surface area contributed by atoms with E-state index in [9.17, 15) is 0 Å². The molecule has 0 spiro atoms. The highest BCUT2D eigenvalue weighted by Gasteiger charge is 2.25. The number of ether oxygens (including phenoxy) is 2. The van der Waals surface area contributed by atoms with Crippen molar-refractivity contribution >= 4 is 0 Å². The Balaban J connectivity index is 2.13. The van der Waals surface area contributed by atoms with Gasteiger partial charge in [-0.3, -0.25) is 0 Å². The van der Waals surface area contributed by atoms with Gasteiger partial charge in [0.15, 0.2) is 0 Å². The summed E-state index contributed by atoms with van der Waals surface area (Å²) in [5.41, 5.74) is 0. The molecule has 1 rings (SSSR count). The largest absolute Gasteiger partial charge is 0.380 e. The second-order valence-electron chi connectivity index (χ2n) is 3.19. The lowest BCUT2D eigenvalue weighted by atomic mass is 10.0. The van der Waals surface area contributed by atoms with Gasteiger partial charge < -0.3 is 9.47 Å². The Morgan fingerprint density at radius 1 is 1.30 bits per heavy atom. The highest BCUT2D eigenvalue weighted by molar-refractivity contribution is 4.72. The fraction of sp³-hybridized carbons (Fsp3) is 1.00. The third-order valence-electron chi connectivity index (χ3n) is 1.81. The molecule has 1 aliphatic rings. The van der Waals surface area contributed by atoms with Crippen molar-refractivity contribution in [2.24, 2.45) is 5.92 Å². The first kappa shape index (κ1) is 8.02. The fourth-order valence-corrected chi connectivity index (χ4v) is 1.07. The molecule has 0 radical (unpaired) electrons. The Labute approximate surface area is 62.5 Å². The van der Waals surface area contributed by atoms with Crippen molar-refractivity contribution in [2.45, 2.75) is 33.0 Å². The zero-order valence-electron chi connectivity index (χ0n) is 6.96. The minimum absolute atomic E-state index is 0.343. The van der Waals surface area contributed by atoms with Crippen LogP contribution in [0.25, 0.3) is 0 Å². The van der Waals surface area contributed by atoms with Gasteiger partial charge in [-0.2, -0.15) is 0 Å². The average molecular weight is 144 g/mol. The molecule has 1 saturated heterocycles. The summed E-state index contributed by atoms with van der Waals surface area (Å²) in [5.74, 6) is 0.641. The fourth-order valence-electron chi connectivity index (χ4n) is 1.07. The van der Waals surface area contributed by atoms with Crippen molar-refractivity contribution in [2.75, 3.05) is 13.2 Å². The Morgan fingerprint density at radius 3 is 2.20 bits per heavy atom. The van der Waals surface area contributed by atoms with Crippen LogP contribution < -0.4 is 0 Å². The van der Waals surface area contributed by atoms with Gasteiger partial charge in [-0.15, -0.1) is 0 Å². The molecule has 0 amide bonds. The average Bonchev–Trinajstić information content (AvgIpc) is 1.55. The van der Waals surface area contributed by atoms with E-state index in [1.807, 2.05) is 0 Å². The van der Waals surface area contributed by atoms with E-state index in [-0.39, 0.29) is 0 Å².